The van der Waals surface area contributed by atoms with Gasteiger partial charge in [0.2, 0.25) is 5.82 Å². The van der Waals surface area contributed by atoms with Gasteiger partial charge in [0.1, 0.15) is 5.82 Å². The summed E-state index contributed by atoms with van der Waals surface area (Å²) in [6, 6.07) is -0.249. The molecular weight excluding hydrogens is 192 g/mol. The number of aromatic amines is 1. The quantitative estimate of drug-likeness (QED) is 0.710. The molecule has 1 rings (SSSR count). The fourth-order valence-electron chi connectivity index (χ4n) is 1.15. The van der Waals surface area contributed by atoms with Crippen molar-refractivity contribution in [1.29, 1.82) is 0 Å². The molecule has 2 N–H and O–H groups in total. The lowest BCUT2D eigenvalue weighted by molar-refractivity contribution is 0.0934. The van der Waals surface area contributed by atoms with E-state index in [1.807, 2.05) is 6.92 Å². The Balaban J connectivity index is 2.59. The highest BCUT2D eigenvalue weighted by Crippen LogP contribution is 1.97. The average Bonchev–Trinajstić information content (AvgIpc) is 2.64. The van der Waals surface area contributed by atoms with Gasteiger partial charge in [-0.3, -0.25) is 9.89 Å². The molecule has 1 heterocycles. The van der Waals surface area contributed by atoms with E-state index >= 15 is 0 Å². The molecule has 0 saturated carbocycles. The number of nitrogens with one attached hydrogen (secondary N) is 2. The first-order valence-corrected chi connectivity index (χ1v) is 4.83. The number of hydrogen-bond donors (Lipinski definition) is 2. The van der Waals surface area contributed by atoms with E-state index in [1.165, 1.54) is 0 Å². The number of amides is 1. The van der Waals surface area contributed by atoms with Crippen LogP contribution in [-0.4, -0.2) is 27.1 Å². The van der Waals surface area contributed by atoms with Gasteiger partial charge in [0.05, 0.1) is 6.04 Å². The van der Waals surface area contributed by atoms with Crippen LogP contribution in [0.15, 0.2) is 0 Å². The highest BCUT2D eigenvalue weighted by molar-refractivity contribution is 5.90. The van der Waals surface area contributed by atoms with Gasteiger partial charge in [0.15, 0.2) is 0 Å². The average molecular weight is 206 g/mol. The smallest absolute Gasteiger partial charge is 0.291 e. The van der Waals surface area contributed by atoms with Gasteiger partial charge in [-0.25, -0.2) is 4.98 Å². The minimum atomic E-state index is -0.337. The monoisotopic (exact) mass is 206 g/mol. The minimum absolute atomic E-state index is 0.129. The molecule has 1 aromatic rings. The lowest BCUT2D eigenvalue weighted by Crippen LogP contribution is -2.34. The number of rotatable bonds is 4. The second kappa shape index (κ2) is 5.15. The molecule has 1 aromatic heterocycles. The highest BCUT2D eigenvalue weighted by atomic mass is 16.2. The van der Waals surface area contributed by atoms with Crippen molar-refractivity contribution in [2.45, 2.75) is 32.7 Å². The summed E-state index contributed by atoms with van der Waals surface area (Å²) in [5, 5.41) is 9.02. The molecule has 80 valence electrons. The van der Waals surface area contributed by atoms with Crippen molar-refractivity contribution in [3.63, 3.8) is 0 Å². The Morgan fingerprint density at radius 1 is 1.73 bits per heavy atom. The van der Waals surface area contributed by atoms with Gasteiger partial charge in [-0.05, 0) is 13.3 Å². The van der Waals surface area contributed by atoms with Crippen LogP contribution in [-0.2, 0) is 0 Å². The SMILES string of the molecule is C#CC(CCC)NC(=O)c1n[nH]c(C)n1. The van der Waals surface area contributed by atoms with Gasteiger partial charge in [0, 0.05) is 0 Å². The molecule has 0 fully saturated rings. The number of carbonyl (C=O) groups is 1. The van der Waals surface area contributed by atoms with E-state index < -0.39 is 0 Å². The maximum absolute atomic E-state index is 11.6. The van der Waals surface area contributed by atoms with Crippen LogP contribution >= 0.6 is 0 Å². The Bertz CT molecular complexity index is 377. The van der Waals surface area contributed by atoms with Gasteiger partial charge in [-0.2, -0.15) is 0 Å². The van der Waals surface area contributed by atoms with Crippen molar-refractivity contribution < 1.29 is 4.79 Å². The van der Waals surface area contributed by atoms with Crippen LogP contribution in [0.2, 0.25) is 0 Å². The zero-order valence-corrected chi connectivity index (χ0v) is 8.87. The number of hydrogen-bond acceptors (Lipinski definition) is 3. The predicted octanol–water partition coefficient (Wildman–Crippen LogP) is 0.645. The largest absolute Gasteiger partial charge is 0.336 e. The summed E-state index contributed by atoms with van der Waals surface area (Å²) >= 11 is 0. The summed E-state index contributed by atoms with van der Waals surface area (Å²) in [7, 11) is 0. The summed E-state index contributed by atoms with van der Waals surface area (Å²) in [6.45, 7) is 3.74. The van der Waals surface area contributed by atoms with Crippen molar-refractivity contribution in [3.8, 4) is 12.3 Å². The second-order valence-electron chi connectivity index (χ2n) is 3.23. The topological polar surface area (TPSA) is 70.7 Å². The molecule has 1 unspecified atom stereocenters. The van der Waals surface area contributed by atoms with Crippen molar-refractivity contribution in [3.05, 3.63) is 11.6 Å². The molecule has 1 amide bonds. The van der Waals surface area contributed by atoms with Gasteiger partial charge in [-0.1, -0.05) is 19.3 Å². The summed E-state index contributed by atoms with van der Waals surface area (Å²) < 4.78 is 0. The lowest BCUT2D eigenvalue weighted by Gasteiger charge is -2.09. The molecule has 0 spiro atoms. The van der Waals surface area contributed by atoms with Gasteiger partial charge >= 0.3 is 0 Å². The first-order chi connectivity index (χ1) is 7.17. The Morgan fingerprint density at radius 3 is 2.93 bits per heavy atom. The molecule has 0 radical (unpaired) electrons. The molecule has 0 saturated heterocycles. The number of aryl methyl sites for hydroxylation is 1. The molecule has 0 aliphatic heterocycles. The standard InChI is InChI=1S/C10H14N4O/c1-4-6-8(5-2)12-10(15)9-11-7(3)13-14-9/h2,8H,4,6H2,1,3H3,(H,12,15)(H,11,13,14). The van der Waals surface area contributed by atoms with Crippen LogP contribution < -0.4 is 5.32 Å². The second-order valence-corrected chi connectivity index (χ2v) is 3.23. The number of terminal acetylenes is 1. The molecular formula is C10H14N4O. The van der Waals surface area contributed by atoms with Crippen LogP contribution in [0.1, 0.15) is 36.2 Å². The van der Waals surface area contributed by atoms with Crippen LogP contribution in [0.4, 0.5) is 0 Å². The van der Waals surface area contributed by atoms with Crippen LogP contribution in [0.25, 0.3) is 0 Å². The molecule has 0 aliphatic carbocycles. The minimum Gasteiger partial charge on any atom is -0.336 e. The summed E-state index contributed by atoms with van der Waals surface area (Å²) in [4.78, 5) is 15.5. The van der Waals surface area contributed by atoms with E-state index in [9.17, 15) is 4.79 Å². The van der Waals surface area contributed by atoms with Crippen molar-refractivity contribution in [2.75, 3.05) is 0 Å². The first kappa shape index (κ1) is 11.2. The third-order valence-electron chi connectivity index (χ3n) is 1.88. The van der Waals surface area contributed by atoms with E-state index in [0.29, 0.717) is 5.82 Å². The maximum Gasteiger partial charge on any atom is 0.291 e. The van der Waals surface area contributed by atoms with Crippen molar-refractivity contribution in [2.24, 2.45) is 0 Å². The van der Waals surface area contributed by atoms with Crippen LogP contribution in [0, 0.1) is 19.3 Å². The Hall–Kier alpha value is -1.83. The molecule has 0 aliphatic rings. The zero-order valence-electron chi connectivity index (χ0n) is 8.87. The molecule has 5 heteroatoms. The van der Waals surface area contributed by atoms with Gasteiger partial charge < -0.3 is 5.32 Å². The normalized spacial score (nSPS) is 11.8. The summed E-state index contributed by atoms with van der Waals surface area (Å²) in [5.74, 6) is 2.91. The van der Waals surface area contributed by atoms with Crippen molar-refractivity contribution in [1.82, 2.24) is 20.5 Å². The maximum atomic E-state index is 11.6. The van der Waals surface area contributed by atoms with E-state index in [-0.39, 0.29) is 17.8 Å². The summed E-state index contributed by atoms with van der Waals surface area (Å²) in [5.41, 5.74) is 0. The molecule has 5 nitrogen and oxygen atoms in total. The van der Waals surface area contributed by atoms with Gasteiger partial charge in [0.25, 0.3) is 5.91 Å². The third-order valence-corrected chi connectivity index (χ3v) is 1.88. The molecule has 0 bridgehead atoms. The first-order valence-electron chi connectivity index (χ1n) is 4.83. The fourth-order valence-corrected chi connectivity index (χ4v) is 1.15. The number of carbonyl (C=O) groups excluding carboxylic acids is 1. The molecule has 1 atom stereocenters. The number of nitrogens with zero attached hydrogens (tertiary/aromatic N) is 2. The zero-order chi connectivity index (χ0) is 11.3. The Kier molecular flexibility index (Phi) is 3.86. The summed E-state index contributed by atoms with van der Waals surface area (Å²) in [6.07, 6.45) is 6.95. The van der Waals surface area contributed by atoms with E-state index in [1.54, 1.807) is 6.92 Å². The van der Waals surface area contributed by atoms with Crippen LogP contribution in [0.3, 0.4) is 0 Å². The van der Waals surface area contributed by atoms with E-state index in [4.69, 9.17) is 6.42 Å². The lowest BCUT2D eigenvalue weighted by atomic mass is 10.2. The van der Waals surface area contributed by atoms with E-state index in [2.05, 4.69) is 26.4 Å². The Labute approximate surface area is 88.7 Å². The van der Waals surface area contributed by atoms with Crippen LogP contribution in [0.5, 0.6) is 0 Å². The predicted molar refractivity (Wildman–Crippen MR) is 56.1 cm³/mol. The number of H-pyrrole nitrogens is 1. The Morgan fingerprint density at radius 2 is 2.47 bits per heavy atom. The fraction of sp³-hybridized carbons (Fsp3) is 0.500. The molecule has 0 aromatic carbocycles. The van der Waals surface area contributed by atoms with E-state index in [0.717, 1.165) is 12.8 Å². The third kappa shape index (κ3) is 3.09. The highest BCUT2D eigenvalue weighted by Gasteiger charge is 2.14. The van der Waals surface area contributed by atoms with Crippen molar-refractivity contribution >= 4 is 5.91 Å². The number of aromatic nitrogens is 3. The van der Waals surface area contributed by atoms with Gasteiger partial charge in [-0.15, -0.1) is 11.5 Å². The molecule has 15 heavy (non-hydrogen) atoms.